The molecule has 0 aliphatic carbocycles. The Morgan fingerprint density at radius 1 is 0.923 bits per heavy atom. The van der Waals surface area contributed by atoms with Crippen LogP contribution in [-0.4, -0.2) is 105 Å². The zero-order valence-electron chi connectivity index (χ0n) is 23.7. The molecule has 0 saturated carbocycles. The summed E-state index contributed by atoms with van der Waals surface area (Å²) in [7, 11) is -6.06. The van der Waals surface area contributed by atoms with Crippen LogP contribution in [-0.2, 0) is 13.0 Å². The lowest BCUT2D eigenvalue weighted by Crippen LogP contribution is -2.52. The maximum absolute atomic E-state index is 12.4. The Labute approximate surface area is 233 Å². The van der Waals surface area contributed by atoms with E-state index in [9.17, 15) is 35.4 Å². The third kappa shape index (κ3) is 12.9. The van der Waals surface area contributed by atoms with E-state index in [0.29, 0.717) is 13.0 Å². The summed E-state index contributed by atoms with van der Waals surface area (Å²) < 4.78 is 18.0. The van der Waals surface area contributed by atoms with Gasteiger partial charge in [0.1, 0.15) is 24.1 Å². The maximum Gasteiger partial charge on any atom is 0.314 e. The van der Waals surface area contributed by atoms with Gasteiger partial charge in [0.2, 0.25) is 12.2 Å². The fraction of sp³-hybridized carbons (Fsp3) is 0.625. The van der Waals surface area contributed by atoms with E-state index in [4.69, 9.17) is 18.1 Å². The van der Waals surface area contributed by atoms with Crippen molar-refractivity contribution in [2.24, 2.45) is 0 Å². The highest BCUT2D eigenvalue weighted by Crippen LogP contribution is 2.35. The van der Waals surface area contributed by atoms with Crippen molar-refractivity contribution in [2.45, 2.75) is 82.9 Å². The molecule has 0 radical (unpaired) electrons. The Morgan fingerprint density at radius 3 is 2.00 bits per heavy atom. The molecule has 1 aromatic rings. The molecular formula is C24H45NO11Si3. The van der Waals surface area contributed by atoms with Gasteiger partial charge in [0.25, 0.3) is 0 Å². The summed E-state index contributed by atoms with van der Waals surface area (Å²) >= 11 is 0. The number of hydrogen-bond donors (Lipinski definition) is 8. The predicted molar refractivity (Wildman–Crippen MR) is 153 cm³/mol. The van der Waals surface area contributed by atoms with Gasteiger partial charge in [-0.05, 0) is 70.4 Å². The van der Waals surface area contributed by atoms with E-state index in [-0.39, 0.29) is 17.1 Å². The summed E-state index contributed by atoms with van der Waals surface area (Å²) in [5.41, 5.74) is 0.0580. The van der Waals surface area contributed by atoms with Gasteiger partial charge in [0.15, 0.2) is 28.1 Å². The number of ether oxygens (including phenoxy) is 1. The molecule has 0 aromatic heterocycles. The summed E-state index contributed by atoms with van der Waals surface area (Å²) in [5, 5.41) is 70.8. The first kappa shape index (κ1) is 35.2. The van der Waals surface area contributed by atoms with Gasteiger partial charge in [-0.3, -0.25) is 4.79 Å². The molecule has 0 heterocycles. The number of aliphatic hydroxyl groups excluding tert-OH is 5. The van der Waals surface area contributed by atoms with Gasteiger partial charge in [-0.2, -0.15) is 0 Å². The lowest BCUT2D eigenvalue weighted by atomic mass is 10.1. The third-order valence-electron chi connectivity index (χ3n) is 5.14. The van der Waals surface area contributed by atoms with Gasteiger partial charge in [-0.25, -0.2) is 0 Å². The van der Waals surface area contributed by atoms with Crippen LogP contribution in [0.2, 0.25) is 51.9 Å². The van der Waals surface area contributed by atoms with Crippen LogP contribution in [0, 0.1) is 0 Å². The monoisotopic (exact) mass is 607 g/mol. The van der Waals surface area contributed by atoms with Gasteiger partial charge < -0.3 is 54.0 Å². The van der Waals surface area contributed by atoms with Crippen molar-refractivity contribution in [3.63, 3.8) is 0 Å². The Balaban J connectivity index is 2.80. The quantitative estimate of drug-likeness (QED) is 0.0581. The van der Waals surface area contributed by atoms with Gasteiger partial charge in [-0.15, -0.1) is 0 Å². The van der Waals surface area contributed by atoms with E-state index in [2.05, 4.69) is 51.1 Å². The maximum atomic E-state index is 12.4. The summed E-state index contributed by atoms with van der Waals surface area (Å²) in [6, 6.07) is 2.74. The molecule has 8 N–H and O–H groups in total. The molecule has 15 heteroatoms. The molecule has 4 unspecified atom stereocenters. The largest absolute Gasteiger partial charge is 0.507 e. The van der Waals surface area contributed by atoms with E-state index in [1.165, 1.54) is 12.2 Å². The molecule has 0 spiro atoms. The third-order valence-corrected chi connectivity index (χ3v) is 14.8. The summed E-state index contributed by atoms with van der Waals surface area (Å²) in [4.78, 5) is 12.4. The second-order valence-corrected chi connectivity index (χ2v) is 24.3. The number of rotatable bonds is 16. The van der Waals surface area contributed by atoms with Crippen molar-refractivity contribution in [3.05, 3.63) is 23.8 Å². The van der Waals surface area contributed by atoms with Crippen molar-refractivity contribution in [1.82, 2.24) is 5.32 Å². The van der Waals surface area contributed by atoms with E-state index in [1.807, 2.05) is 0 Å². The number of hydrogen-bond acceptors (Lipinski definition) is 11. The summed E-state index contributed by atoms with van der Waals surface area (Å²) in [6.07, 6.45) is -4.68. The smallest absolute Gasteiger partial charge is 0.314 e. The number of benzene rings is 1. The number of phenolic OH excluding ortho intramolecular Hbond substituents is 2. The lowest BCUT2D eigenvalue weighted by Gasteiger charge is -2.38. The average Bonchev–Trinajstić information content (AvgIpc) is 2.78. The van der Waals surface area contributed by atoms with Crippen molar-refractivity contribution in [3.8, 4) is 17.2 Å². The Bertz CT molecular complexity index is 950. The van der Waals surface area contributed by atoms with Gasteiger partial charge in [0, 0.05) is 24.3 Å². The first-order valence-electron chi connectivity index (χ1n) is 12.7. The first-order valence-corrected chi connectivity index (χ1v) is 22.0. The van der Waals surface area contributed by atoms with Crippen LogP contribution in [0.15, 0.2) is 18.2 Å². The lowest BCUT2D eigenvalue weighted by molar-refractivity contribution is -0.169. The normalized spacial score (nSPS) is 16.1. The predicted octanol–water partition coefficient (Wildman–Crippen LogP) is 1.16. The van der Waals surface area contributed by atoms with Crippen molar-refractivity contribution in [2.75, 3.05) is 13.2 Å². The summed E-state index contributed by atoms with van der Waals surface area (Å²) in [6.45, 7) is 14.4. The summed E-state index contributed by atoms with van der Waals surface area (Å²) in [5.74, 6) is -1.78. The molecule has 4 atom stereocenters. The number of nitrogens with one attached hydrogen (secondary N) is 1. The minimum absolute atomic E-state index is 0.0580. The molecule has 1 rings (SSSR count). The van der Waals surface area contributed by atoms with Gasteiger partial charge in [0.05, 0.1) is 6.61 Å². The highest BCUT2D eigenvalue weighted by atomic mass is 28.5. The molecule has 0 aliphatic heterocycles. The van der Waals surface area contributed by atoms with E-state index < -0.39 is 68.1 Å². The van der Waals surface area contributed by atoms with Crippen molar-refractivity contribution < 1.29 is 53.5 Å². The highest BCUT2D eigenvalue weighted by Gasteiger charge is 2.39. The van der Waals surface area contributed by atoms with Crippen LogP contribution in [0.4, 0.5) is 0 Å². The zero-order valence-corrected chi connectivity index (χ0v) is 26.7. The number of phenols is 2. The highest BCUT2D eigenvalue weighted by molar-refractivity contribution is 6.87. The van der Waals surface area contributed by atoms with Gasteiger partial charge in [-0.1, -0.05) is 0 Å². The van der Waals surface area contributed by atoms with Crippen LogP contribution < -0.4 is 10.1 Å². The number of carbonyl (C=O) groups excluding carboxylic acids is 1. The minimum atomic E-state index is -2.42. The zero-order chi connectivity index (χ0) is 30.2. The molecule has 0 fully saturated rings. The Hall–Kier alpha value is -1.80. The van der Waals surface area contributed by atoms with Crippen LogP contribution in [0.5, 0.6) is 17.2 Å². The molecule has 1 aromatic carbocycles. The Morgan fingerprint density at radius 2 is 1.49 bits per heavy atom. The molecule has 1 amide bonds. The minimum Gasteiger partial charge on any atom is -0.507 e. The molecule has 39 heavy (non-hydrogen) atoms. The van der Waals surface area contributed by atoms with Crippen LogP contribution in [0.25, 0.3) is 6.08 Å². The van der Waals surface area contributed by atoms with Gasteiger partial charge >= 0.3 is 8.56 Å². The molecule has 224 valence electrons. The van der Waals surface area contributed by atoms with E-state index in [0.717, 1.165) is 18.2 Å². The number of carbonyl (C=O) groups is 1. The number of amides is 1. The molecule has 0 aliphatic rings. The SMILES string of the molecule is C[Si](C)(C)O[Si](C)(CCCNC(=O)C=Cc1cc(OC(O)C(O)C(O)C(O)CO)c(O)cc1O)O[Si](C)(C)C. The number of aliphatic hydroxyl groups is 5. The topological polar surface area (TPSA) is 198 Å². The van der Waals surface area contributed by atoms with E-state index in [1.54, 1.807) is 0 Å². The Kier molecular flexibility index (Phi) is 13.3. The van der Waals surface area contributed by atoms with Crippen LogP contribution >= 0.6 is 0 Å². The van der Waals surface area contributed by atoms with Crippen molar-refractivity contribution in [1.29, 1.82) is 0 Å². The molecule has 0 bridgehead atoms. The molecule has 12 nitrogen and oxygen atoms in total. The first-order chi connectivity index (χ1) is 17.8. The average molecular weight is 608 g/mol. The molecule has 0 saturated heterocycles. The number of aromatic hydroxyl groups is 2. The standard InChI is InChI=1S/C24H45NO11Si3/c1-37(2,3)35-39(7,36-38(4,5)6)12-8-11-25-21(30)10-9-16-13-20(18(28)14-17(16)27)34-24(33)23(32)22(31)19(29)15-26/h9-10,13-14,19,22-24,26-29,31-33H,8,11-12,15H2,1-7H3,(H,25,30). The van der Waals surface area contributed by atoms with E-state index >= 15 is 0 Å². The fourth-order valence-corrected chi connectivity index (χ4v) is 16.3. The fourth-order valence-electron chi connectivity index (χ4n) is 3.77. The van der Waals surface area contributed by atoms with Crippen LogP contribution in [0.3, 0.4) is 0 Å². The second kappa shape index (κ2) is 14.7. The van der Waals surface area contributed by atoms with Crippen LogP contribution in [0.1, 0.15) is 12.0 Å². The second-order valence-electron chi connectivity index (χ2n) is 11.4. The molecular weight excluding hydrogens is 563 g/mol. The van der Waals surface area contributed by atoms with Crippen molar-refractivity contribution >= 4 is 37.2 Å².